The zero-order valence-corrected chi connectivity index (χ0v) is 17.8. The Bertz CT molecular complexity index is 1050. The molecule has 2 fully saturated rings. The van der Waals surface area contributed by atoms with Crippen LogP contribution in [0.3, 0.4) is 0 Å². The fourth-order valence-electron chi connectivity index (χ4n) is 4.69. The molecule has 1 aliphatic heterocycles. The average Bonchev–Trinajstić information content (AvgIpc) is 3.14. The maximum atomic E-state index is 14.1. The number of rotatable bonds is 5. The van der Waals surface area contributed by atoms with Gasteiger partial charge in [0.25, 0.3) is 0 Å². The van der Waals surface area contributed by atoms with Crippen LogP contribution >= 0.6 is 11.6 Å². The monoisotopic (exact) mass is 492 g/mol. The van der Waals surface area contributed by atoms with Crippen LogP contribution in [-0.2, 0) is 16.8 Å². The van der Waals surface area contributed by atoms with E-state index in [1.807, 2.05) is 0 Å². The Morgan fingerprint density at radius 2 is 1.82 bits per heavy atom. The van der Waals surface area contributed by atoms with Gasteiger partial charge in [-0.25, -0.2) is 4.39 Å². The molecule has 2 aromatic carbocycles. The van der Waals surface area contributed by atoms with Crippen LogP contribution in [0.25, 0.3) is 0 Å². The molecule has 0 unspecified atom stereocenters. The summed E-state index contributed by atoms with van der Waals surface area (Å²) in [5.74, 6) is -2.15. The normalized spacial score (nSPS) is 31.6. The second kappa shape index (κ2) is 8.37. The Morgan fingerprint density at radius 3 is 2.45 bits per heavy atom. The van der Waals surface area contributed by atoms with Crippen molar-refractivity contribution in [3.8, 4) is 5.75 Å². The summed E-state index contributed by atoms with van der Waals surface area (Å²) in [6.07, 6.45) is -9.40. The van der Waals surface area contributed by atoms with Crippen molar-refractivity contribution >= 4 is 11.6 Å². The maximum Gasteiger partial charge on any atom is 0.573 e. The van der Waals surface area contributed by atoms with E-state index < -0.39 is 53.9 Å². The SMILES string of the molecule is OC[C@]12CO[C@](c3ccc(Cl)c(Cc4ccc(OC(F)(F)F)c(F)c4)c3)(C1)[C@H](O)[C@@H](O)[C@H]2O. The van der Waals surface area contributed by atoms with Gasteiger partial charge in [-0.2, -0.15) is 0 Å². The molecule has 33 heavy (non-hydrogen) atoms. The van der Waals surface area contributed by atoms with Crippen molar-refractivity contribution in [2.75, 3.05) is 13.2 Å². The van der Waals surface area contributed by atoms with E-state index in [-0.39, 0.29) is 24.5 Å². The Labute approximate surface area is 190 Å². The molecule has 0 radical (unpaired) electrons. The topological polar surface area (TPSA) is 99.4 Å². The number of aliphatic hydroxyl groups is 4. The molecule has 2 aliphatic rings. The van der Waals surface area contributed by atoms with Crippen molar-refractivity contribution in [3.05, 3.63) is 63.9 Å². The minimum atomic E-state index is -5.02. The summed E-state index contributed by atoms with van der Waals surface area (Å²) in [4.78, 5) is 0. The number of alkyl halides is 3. The van der Waals surface area contributed by atoms with E-state index in [9.17, 15) is 38.0 Å². The number of hydrogen-bond acceptors (Lipinski definition) is 6. The smallest absolute Gasteiger partial charge is 0.403 e. The highest BCUT2D eigenvalue weighted by molar-refractivity contribution is 6.31. The van der Waals surface area contributed by atoms with E-state index in [0.717, 1.165) is 12.1 Å². The second-order valence-electron chi connectivity index (χ2n) is 8.55. The zero-order chi connectivity index (χ0) is 24.2. The highest BCUT2D eigenvalue weighted by atomic mass is 35.5. The lowest BCUT2D eigenvalue weighted by molar-refractivity contribution is -0.275. The van der Waals surface area contributed by atoms with Crippen LogP contribution in [0, 0.1) is 11.2 Å². The van der Waals surface area contributed by atoms with Crippen LogP contribution in [-0.4, -0.2) is 58.3 Å². The van der Waals surface area contributed by atoms with Gasteiger partial charge in [-0.3, -0.25) is 0 Å². The van der Waals surface area contributed by atoms with Gasteiger partial charge in [0.2, 0.25) is 0 Å². The minimum absolute atomic E-state index is 0.0368. The number of aliphatic hydroxyl groups excluding tert-OH is 4. The van der Waals surface area contributed by atoms with Gasteiger partial charge >= 0.3 is 6.36 Å². The van der Waals surface area contributed by atoms with E-state index in [1.165, 1.54) is 12.1 Å². The number of halogens is 5. The van der Waals surface area contributed by atoms with Crippen molar-refractivity contribution in [1.82, 2.24) is 0 Å². The lowest BCUT2D eigenvalue weighted by atomic mass is 9.64. The first-order valence-corrected chi connectivity index (χ1v) is 10.4. The van der Waals surface area contributed by atoms with Gasteiger partial charge in [0, 0.05) is 10.4 Å². The highest BCUT2D eigenvalue weighted by Crippen LogP contribution is 2.55. The third kappa shape index (κ3) is 4.20. The summed E-state index contributed by atoms with van der Waals surface area (Å²) in [7, 11) is 0. The first-order chi connectivity index (χ1) is 15.4. The molecular formula is C22H21ClF4O6. The lowest BCUT2D eigenvalue weighted by Crippen LogP contribution is -2.60. The Morgan fingerprint density at radius 1 is 1.09 bits per heavy atom. The summed E-state index contributed by atoms with van der Waals surface area (Å²) in [6, 6.07) is 7.72. The highest BCUT2D eigenvalue weighted by Gasteiger charge is 2.65. The van der Waals surface area contributed by atoms with Crippen molar-refractivity contribution in [2.45, 2.75) is 43.1 Å². The van der Waals surface area contributed by atoms with Gasteiger partial charge in [0.05, 0.1) is 19.3 Å². The summed E-state index contributed by atoms with van der Waals surface area (Å²) < 4.78 is 60.7. The summed E-state index contributed by atoms with van der Waals surface area (Å²) in [5, 5.41) is 41.6. The Kier molecular flexibility index (Phi) is 6.13. The number of benzene rings is 2. The molecule has 2 aromatic rings. The predicted molar refractivity (Wildman–Crippen MR) is 107 cm³/mol. The molecule has 1 aliphatic carbocycles. The van der Waals surface area contributed by atoms with Crippen LogP contribution < -0.4 is 4.74 Å². The molecule has 11 heteroatoms. The van der Waals surface area contributed by atoms with E-state index in [2.05, 4.69) is 4.74 Å². The molecule has 180 valence electrons. The first kappa shape index (κ1) is 24.2. The largest absolute Gasteiger partial charge is 0.573 e. The standard InChI is InChI=1S/C22H21ClF4O6/c23-14-3-2-13(21-8-20(9-28,10-32-21)18(30)17(29)19(21)31)7-12(14)5-11-1-4-16(15(24)6-11)33-22(25,26)27/h1-4,6-7,17-19,28-31H,5,8-10H2/t17-,18+,19+,20-,21-/m0/s1. The molecule has 4 rings (SSSR count). The van der Waals surface area contributed by atoms with Crippen LogP contribution in [0.1, 0.15) is 23.1 Å². The van der Waals surface area contributed by atoms with Gasteiger partial charge in [-0.1, -0.05) is 29.8 Å². The summed E-state index contributed by atoms with van der Waals surface area (Å²) >= 11 is 6.29. The van der Waals surface area contributed by atoms with Crippen LogP contribution in [0.4, 0.5) is 17.6 Å². The van der Waals surface area contributed by atoms with Crippen molar-refractivity contribution in [1.29, 1.82) is 0 Å². The number of fused-ring (bicyclic) bond motifs is 2. The molecule has 0 amide bonds. The fraction of sp³-hybridized carbons (Fsp3) is 0.455. The molecule has 0 spiro atoms. The third-order valence-electron chi connectivity index (χ3n) is 6.45. The molecule has 1 saturated heterocycles. The van der Waals surface area contributed by atoms with E-state index in [4.69, 9.17) is 16.3 Å². The maximum absolute atomic E-state index is 14.1. The molecule has 1 heterocycles. The van der Waals surface area contributed by atoms with Crippen LogP contribution in [0.2, 0.25) is 5.02 Å². The second-order valence-corrected chi connectivity index (χ2v) is 8.96. The van der Waals surface area contributed by atoms with Crippen molar-refractivity contribution in [2.24, 2.45) is 5.41 Å². The fourth-order valence-corrected chi connectivity index (χ4v) is 4.88. The van der Waals surface area contributed by atoms with Crippen LogP contribution in [0.5, 0.6) is 5.75 Å². The van der Waals surface area contributed by atoms with E-state index in [1.54, 1.807) is 12.1 Å². The van der Waals surface area contributed by atoms with Crippen molar-refractivity contribution < 1.29 is 47.5 Å². The number of hydrogen-bond donors (Lipinski definition) is 4. The summed E-state index contributed by atoms with van der Waals surface area (Å²) in [5.41, 5.74) is -1.37. The lowest BCUT2D eigenvalue weighted by Gasteiger charge is -2.46. The number of ether oxygens (including phenoxy) is 2. The van der Waals surface area contributed by atoms with Crippen LogP contribution in [0.15, 0.2) is 36.4 Å². The molecule has 2 bridgehead atoms. The summed E-state index contributed by atoms with van der Waals surface area (Å²) in [6.45, 7) is -0.561. The van der Waals surface area contributed by atoms with Crippen molar-refractivity contribution in [3.63, 3.8) is 0 Å². The third-order valence-corrected chi connectivity index (χ3v) is 6.82. The van der Waals surface area contributed by atoms with Gasteiger partial charge in [-0.05, 0) is 47.7 Å². The molecule has 1 saturated carbocycles. The van der Waals surface area contributed by atoms with Gasteiger partial charge in [0.1, 0.15) is 17.8 Å². The molecule has 5 atom stereocenters. The Hall–Kier alpha value is -1.95. The minimum Gasteiger partial charge on any atom is -0.403 e. The molecule has 6 nitrogen and oxygen atoms in total. The zero-order valence-electron chi connectivity index (χ0n) is 17.0. The molecule has 0 aromatic heterocycles. The molecular weight excluding hydrogens is 472 g/mol. The molecule has 4 N–H and O–H groups in total. The van der Waals surface area contributed by atoms with E-state index in [0.29, 0.717) is 16.7 Å². The van der Waals surface area contributed by atoms with Gasteiger partial charge in [0.15, 0.2) is 11.6 Å². The predicted octanol–water partition coefficient (Wildman–Crippen LogP) is 2.66. The Balaban J connectivity index is 1.65. The van der Waals surface area contributed by atoms with E-state index >= 15 is 0 Å². The average molecular weight is 493 g/mol. The van der Waals surface area contributed by atoms with Gasteiger partial charge in [-0.15, -0.1) is 13.2 Å². The van der Waals surface area contributed by atoms with Gasteiger partial charge < -0.3 is 29.9 Å². The quantitative estimate of drug-likeness (QED) is 0.479. The first-order valence-electron chi connectivity index (χ1n) is 10.0.